The summed E-state index contributed by atoms with van der Waals surface area (Å²) >= 11 is 0. The monoisotopic (exact) mass is 201 g/mol. The number of hydrogen-bond donors (Lipinski definition) is 1. The summed E-state index contributed by atoms with van der Waals surface area (Å²) in [6, 6.07) is 3.12. The maximum Gasteiger partial charge on any atom is 0.139 e. The minimum absolute atomic E-state index is 0.327. The number of rotatable bonds is 1. The van der Waals surface area contributed by atoms with Gasteiger partial charge in [-0.3, -0.25) is 0 Å². The number of aromatic nitrogens is 1. The molecule has 0 radical (unpaired) electrons. The fourth-order valence-electron chi connectivity index (χ4n) is 1.82. The Balaban J connectivity index is 2.88. The molecule has 0 aliphatic carbocycles. The van der Waals surface area contributed by atoms with E-state index in [-0.39, 0.29) is 5.82 Å². The second kappa shape index (κ2) is 3.43. The van der Waals surface area contributed by atoms with Gasteiger partial charge in [-0.25, -0.2) is 4.39 Å². The van der Waals surface area contributed by atoms with E-state index in [1.807, 2.05) is 6.20 Å². The number of halogens is 1. The van der Waals surface area contributed by atoms with Crippen LogP contribution in [0.4, 0.5) is 4.39 Å². The van der Waals surface area contributed by atoms with Gasteiger partial charge in [0.05, 0.1) is 5.56 Å². The molecule has 0 saturated carbocycles. The van der Waals surface area contributed by atoms with Crippen molar-refractivity contribution in [2.24, 2.45) is 0 Å². The molecule has 2 aromatic rings. The van der Waals surface area contributed by atoms with Crippen molar-refractivity contribution < 1.29 is 4.39 Å². The molecule has 1 N–H and O–H groups in total. The van der Waals surface area contributed by atoms with Gasteiger partial charge in [0.25, 0.3) is 0 Å². The average Bonchev–Trinajstić information content (AvgIpc) is 2.61. The Morgan fingerprint density at radius 3 is 2.73 bits per heavy atom. The van der Waals surface area contributed by atoms with E-state index in [1.54, 1.807) is 6.07 Å². The lowest BCUT2D eigenvalue weighted by molar-refractivity contribution is 0.626. The number of hydrogen-bond acceptors (Lipinski definition) is 0. The van der Waals surface area contributed by atoms with Crippen LogP contribution in [0.2, 0.25) is 0 Å². The molecule has 0 unspecified atom stereocenters. The van der Waals surface area contributed by atoms with Crippen molar-refractivity contribution in [2.45, 2.75) is 19.8 Å². The first-order chi connectivity index (χ1) is 7.15. The van der Waals surface area contributed by atoms with E-state index < -0.39 is 0 Å². The Morgan fingerprint density at radius 1 is 1.40 bits per heavy atom. The number of H-pyrrole nitrogens is 1. The van der Waals surface area contributed by atoms with Crippen LogP contribution in [-0.4, -0.2) is 4.98 Å². The van der Waals surface area contributed by atoms with E-state index in [0.29, 0.717) is 11.5 Å². The Kier molecular flexibility index (Phi) is 2.24. The fraction of sp³-hybridized carbons (Fsp3) is 0.231. The summed E-state index contributed by atoms with van der Waals surface area (Å²) in [7, 11) is 0. The molecule has 1 aromatic carbocycles. The zero-order valence-electron chi connectivity index (χ0n) is 8.76. The minimum Gasteiger partial charge on any atom is -0.361 e. The lowest BCUT2D eigenvalue weighted by Crippen LogP contribution is -1.90. The maximum absolute atomic E-state index is 13.5. The fourth-order valence-corrected chi connectivity index (χ4v) is 1.82. The molecule has 0 amide bonds. The SMILES string of the molecule is C#Cc1c(F)ccc2[nH]cc(C(C)C)c12. The average molecular weight is 201 g/mol. The predicted molar refractivity (Wildman–Crippen MR) is 60.3 cm³/mol. The molecule has 2 rings (SSSR count). The molecule has 76 valence electrons. The van der Waals surface area contributed by atoms with Gasteiger partial charge in [0.15, 0.2) is 0 Å². The molecule has 0 fully saturated rings. The summed E-state index contributed by atoms with van der Waals surface area (Å²) in [4.78, 5) is 3.11. The second-order valence-electron chi connectivity index (χ2n) is 3.89. The highest BCUT2D eigenvalue weighted by Crippen LogP contribution is 2.29. The molecular formula is C13H12FN. The molecule has 2 heteroatoms. The van der Waals surface area contributed by atoms with Gasteiger partial charge in [-0.15, -0.1) is 6.42 Å². The Bertz CT molecular complexity index is 543. The summed E-state index contributed by atoms with van der Waals surface area (Å²) in [6.45, 7) is 4.13. The van der Waals surface area contributed by atoms with Crippen molar-refractivity contribution in [1.29, 1.82) is 0 Å². The van der Waals surface area contributed by atoms with Crippen molar-refractivity contribution in [1.82, 2.24) is 4.98 Å². The maximum atomic E-state index is 13.5. The molecule has 0 atom stereocenters. The molecule has 0 saturated heterocycles. The van der Waals surface area contributed by atoms with Crippen molar-refractivity contribution >= 4 is 10.9 Å². The normalized spacial score (nSPS) is 10.9. The first-order valence-electron chi connectivity index (χ1n) is 4.91. The van der Waals surface area contributed by atoms with Crippen molar-refractivity contribution in [3.05, 3.63) is 35.3 Å². The van der Waals surface area contributed by atoms with Crippen molar-refractivity contribution in [2.75, 3.05) is 0 Å². The number of terminal acetylenes is 1. The van der Waals surface area contributed by atoms with Gasteiger partial charge in [0, 0.05) is 17.1 Å². The van der Waals surface area contributed by atoms with E-state index in [9.17, 15) is 4.39 Å². The number of nitrogens with one attached hydrogen (secondary N) is 1. The van der Waals surface area contributed by atoms with Crippen LogP contribution < -0.4 is 0 Å². The molecule has 15 heavy (non-hydrogen) atoms. The highest BCUT2D eigenvalue weighted by Gasteiger charge is 2.13. The highest BCUT2D eigenvalue weighted by molar-refractivity contribution is 5.89. The minimum atomic E-state index is -0.327. The standard InChI is InChI=1S/C13H12FN/c1-4-9-11(14)5-6-12-13(9)10(7-15-12)8(2)3/h1,5-8,15H,2-3H3. The van der Waals surface area contributed by atoms with Crippen LogP contribution in [0, 0.1) is 18.2 Å². The lowest BCUT2D eigenvalue weighted by Gasteiger charge is -2.04. The van der Waals surface area contributed by atoms with Crippen LogP contribution in [0.5, 0.6) is 0 Å². The molecular weight excluding hydrogens is 189 g/mol. The van der Waals surface area contributed by atoms with Crippen LogP contribution in [0.25, 0.3) is 10.9 Å². The Hall–Kier alpha value is -1.75. The molecule has 0 spiro atoms. The predicted octanol–water partition coefficient (Wildman–Crippen LogP) is 3.41. The van der Waals surface area contributed by atoms with Gasteiger partial charge >= 0.3 is 0 Å². The van der Waals surface area contributed by atoms with Gasteiger partial charge in [-0.2, -0.15) is 0 Å². The molecule has 1 aromatic heterocycles. The van der Waals surface area contributed by atoms with Gasteiger partial charge in [0.1, 0.15) is 5.82 Å². The van der Waals surface area contributed by atoms with Crippen LogP contribution in [0.15, 0.2) is 18.3 Å². The zero-order chi connectivity index (χ0) is 11.0. The van der Waals surface area contributed by atoms with Gasteiger partial charge in [0.2, 0.25) is 0 Å². The van der Waals surface area contributed by atoms with E-state index in [4.69, 9.17) is 6.42 Å². The van der Waals surface area contributed by atoms with E-state index in [2.05, 4.69) is 24.8 Å². The molecule has 0 aliphatic heterocycles. The Morgan fingerprint density at radius 2 is 2.13 bits per heavy atom. The lowest BCUT2D eigenvalue weighted by atomic mass is 9.99. The third-order valence-corrected chi connectivity index (χ3v) is 2.59. The third-order valence-electron chi connectivity index (χ3n) is 2.59. The van der Waals surface area contributed by atoms with Crippen molar-refractivity contribution in [3.8, 4) is 12.3 Å². The topological polar surface area (TPSA) is 15.8 Å². The highest BCUT2D eigenvalue weighted by atomic mass is 19.1. The van der Waals surface area contributed by atoms with E-state index >= 15 is 0 Å². The molecule has 0 aliphatic rings. The number of aromatic amines is 1. The summed E-state index contributed by atoms with van der Waals surface area (Å²) in [5.41, 5.74) is 2.32. The third kappa shape index (κ3) is 1.41. The van der Waals surface area contributed by atoms with Gasteiger partial charge in [-0.1, -0.05) is 19.8 Å². The smallest absolute Gasteiger partial charge is 0.139 e. The number of fused-ring (bicyclic) bond motifs is 1. The summed E-state index contributed by atoms with van der Waals surface area (Å²) < 4.78 is 13.5. The van der Waals surface area contributed by atoms with E-state index in [0.717, 1.165) is 16.5 Å². The molecule has 1 nitrogen and oxygen atoms in total. The molecule has 1 heterocycles. The quantitative estimate of drug-likeness (QED) is 0.680. The largest absolute Gasteiger partial charge is 0.361 e. The van der Waals surface area contributed by atoms with E-state index in [1.165, 1.54) is 6.07 Å². The summed E-state index contributed by atoms with van der Waals surface area (Å²) in [5, 5.41) is 0.840. The van der Waals surface area contributed by atoms with Crippen molar-refractivity contribution in [3.63, 3.8) is 0 Å². The first-order valence-corrected chi connectivity index (χ1v) is 4.91. The van der Waals surface area contributed by atoms with Gasteiger partial charge < -0.3 is 4.98 Å². The van der Waals surface area contributed by atoms with Crippen LogP contribution in [-0.2, 0) is 0 Å². The summed E-state index contributed by atoms with van der Waals surface area (Å²) in [5.74, 6) is 2.42. The van der Waals surface area contributed by atoms with Crippen LogP contribution in [0.3, 0.4) is 0 Å². The first kappa shape index (κ1) is 9.79. The van der Waals surface area contributed by atoms with Gasteiger partial charge in [-0.05, 0) is 23.6 Å². The summed E-state index contributed by atoms with van der Waals surface area (Å²) in [6.07, 6.45) is 7.24. The zero-order valence-corrected chi connectivity index (χ0v) is 8.76. The Labute approximate surface area is 88.3 Å². The van der Waals surface area contributed by atoms with Crippen LogP contribution in [0.1, 0.15) is 30.9 Å². The van der Waals surface area contributed by atoms with Crippen LogP contribution >= 0.6 is 0 Å². The molecule has 0 bridgehead atoms. The second-order valence-corrected chi connectivity index (χ2v) is 3.89. The number of benzene rings is 1.